The lowest BCUT2D eigenvalue weighted by Gasteiger charge is -2.26. The molecule has 0 spiro atoms. The molecule has 1 fully saturated rings. The number of rotatable bonds is 8. The van der Waals surface area contributed by atoms with Crippen LogP contribution in [0.3, 0.4) is 0 Å². The Balaban J connectivity index is 2.06. The molecule has 9 heteroatoms. The number of nitrogens with zero attached hydrogens (tertiary/aromatic N) is 1. The van der Waals surface area contributed by atoms with Crippen molar-refractivity contribution < 1.29 is 33.0 Å². The summed E-state index contributed by atoms with van der Waals surface area (Å²) in [4.78, 5) is 37.0. The fourth-order valence-electron chi connectivity index (χ4n) is 3.03. The van der Waals surface area contributed by atoms with Crippen LogP contribution < -0.4 is 5.32 Å². The van der Waals surface area contributed by atoms with E-state index in [1.54, 1.807) is 0 Å². The van der Waals surface area contributed by atoms with Crippen molar-refractivity contribution >= 4 is 17.8 Å². The van der Waals surface area contributed by atoms with Crippen molar-refractivity contribution in [3.8, 4) is 0 Å². The number of nitrogens with one attached hydrogen (secondary N) is 1. The third-order valence-electron chi connectivity index (χ3n) is 4.65. The van der Waals surface area contributed by atoms with Crippen molar-refractivity contribution in [2.75, 3.05) is 7.11 Å². The summed E-state index contributed by atoms with van der Waals surface area (Å²) in [5.41, 5.74) is 0.0204. The topological polar surface area (TPSA) is 95.9 Å². The van der Waals surface area contributed by atoms with Gasteiger partial charge in [0.1, 0.15) is 11.6 Å². The second-order valence-corrected chi connectivity index (χ2v) is 6.48. The average Bonchev–Trinajstić information content (AvgIpc) is 2.95. The van der Waals surface area contributed by atoms with E-state index in [2.05, 4.69) is 5.32 Å². The number of carboxylic acids is 1. The number of methoxy groups -OCH3 is 1. The van der Waals surface area contributed by atoms with Crippen LogP contribution in [0, 0.1) is 11.6 Å². The van der Waals surface area contributed by atoms with Crippen molar-refractivity contribution in [1.82, 2.24) is 10.2 Å². The third kappa shape index (κ3) is 5.22. The maximum atomic E-state index is 13.9. The van der Waals surface area contributed by atoms with E-state index in [4.69, 9.17) is 4.74 Å². The zero-order valence-electron chi connectivity index (χ0n) is 15.1. The van der Waals surface area contributed by atoms with E-state index in [1.165, 1.54) is 18.9 Å². The number of hydrogen-bond donors (Lipinski definition) is 2. The SMILES string of the molecule is CO[C@H](C)[C@H](NC(=O)C[C@@H]1CCC(=O)N1Cc1cc(F)ccc1F)C(=O)O. The molecule has 0 bridgehead atoms. The van der Waals surface area contributed by atoms with Crippen LogP contribution in [0.25, 0.3) is 0 Å². The van der Waals surface area contributed by atoms with Gasteiger partial charge in [0, 0.05) is 38.1 Å². The summed E-state index contributed by atoms with van der Waals surface area (Å²) in [5, 5.41) is 11.6. The van der Waals surface area contributed by atoms with Crippen LogP contribution in [-0.2, 0) is 25.7 Å². The van der Waals surface area contributed by atoms with Gasteiger partial charge >= 0.3 is 5.97 Å². The molecule has 0 saturated carbocycles. The van der Waals surface area contributed by atoms with E-state index in [0.717, 1.165) is 18.2 Å². The predicted molar refractivity (Wildman–Crippen MR) is 90.6 cm³/mol. The number of aliphatic carboxylic acids is 1. The van der Waals surface area contributed by atoms with Crippen molar-refractivity contribution in [3.63, 3.8) is 0 Å². The Labute approximate surface area is 155 Å². The summed E-state index contributed by atoms with van der Waals surface area (Å²) in [5.74, 6) is -3.32. The Morgan fingerprint density at radius 1 is 1.41 bits per heavy atom. The minimum Gasteiger partial charge on any atom is -0.480 e. The van der Waals surface area contributed by atoms with E-state index >= 15 is 0 Å². The number of carbonyl (C=O) groups is 3. The summed E-state index contributed by atoms with van der Waals surface area (Å²) >= 11 is 0. The molecule has 0 aromatic heterocycles. The highest BCUT2D eigenvalue weighted by molar-refractivity contribution is 5.85. The number of carboxylic acid groups (broad SMARTS) is 1. The molecule has 1 saturated heterocycles. The molecule has 1 aliphatic heterocycles. The number of hydrogen-bond acceptors (Lipinski definition) is 4. The Bertz CT molecular complexity index is 728. The van der Waals surface area contributed by atoms with Gasteiger partial charge in [-0.2, -0.15) is 0 Å². The molecule has 7 nitrogen and oxygen atoms in total. The summed E-state index contributed by atoms with van der Waals surface area (Å²) in [6, 6.07) is 1.23. The Morgan fingerprint density at radius 3 is 2.74 bits per heavy atom. The van der Waals surface area contributed by atoms with Gasteiger partial charge in [-0.1, -0.05) is 0 Å². The lowest BCUT2D eigenvalue weighted by atomic mass is 10.1. The highest BCUT2D eigenvalue weighted by Gasteiger charge is 2.34. The molecule has 1 heterocycles. The van der Waals surface area contributed by atoms with Crippen molar-refractivity contribution in [1.29, 1.82) is 0 Å². The second-order valence-electron chi connectivity index (χ2n) is 6.48. The third-order valence-corrected chi connectivity index (χ3v) is 4.65. The molecular weight excluding hydrogens is 362 g/mol. The van der Waals surface area contributed by atoms with Gasteiger partial charge in [0.05, 0.1) is 6.10 Å². The summed E-state index contributed by atoms with van der Waals surface area (Å²) < 4.78 is 32.2. The van der Waals surface area contributed by atoms with Crippen LogP contribution in [0.5, 0.6) is 0 Å². The van der Waals surface area contributed by atoms with Crippen LogP contribution in [0.2, 0.25) is 0 Å². The molecule has 1 aromatic carbocycles. The van der Waals surface area contributed by atoms with Gasteiger partial charge in [-0.05, 0) is 31.5 Å². The zero-order valence-corrected chi connectivity index (χ0v) is 15.1. The quantitative estimate of drug-likeness (QED) is 0.707. The average molecular weight is 384 g/mol. The van der Waals surface area contributed by atoms with Gasteiger partial charge in [-0.25, -0.2) is 13.6 Å². The number of benzene rings is 1. The standard InChI is InChI=1S/C18H22F2N2O5/c1-10(27-2)17(18(25)26)21-15(23)8-13-4-6-16(24)22(13)9-11-7-12(19)3-5-14(11)20/h3,5,7,10,13,17H,4,6,8-9H2,1-2H3,(H,21,23)(H,25,26)/t10-,13+,17+/m1/s1. The van der Waals surface area contributed by atoms with E-state index in [-0.39, 0.29) is 30.9 Å². The van der Waals surface area contributed by atoms with Gasteiger partial charge in [0.15, 0.2) is 6.04 Å². The first kappa shape index (κ1) is 20.8. The normalized spacial score (nSPS) is 19.0. The number of amides is 2. The highest BCUT2D eigenvalue weighted by atomic mass is 19.1. The lowest BCUT2D eigenvalue weighted by Crippen LogP contribution is -2.49. The number of ether oxygens (including phenoxy) is 1. The van der Waals surface area contributed by atoms with Gasteiger partial charge in [-0.3, -0.25) is 9.59 Å². The van der Waals surface area contributed by atoms with Gasteiger partial charge < -0.3 is 20.1 Å². The number of halogens is 2. The predicted octanol–water partition coefficient (Wildman–Crippen LogP) is 1.45. The minimum atomic E-state index is -1.24. The molecule has 0 radical (unpaired) electrons. The zero-order chi connectivity index (χ0) is 20.1. The van der Waals surface area contributed by atoms with Gasteiger partial charge in [-0.15, -0.1) is 0 Å². The largest absolute Gasteiger partial charge is 0.480 e. The molecule has 1 aliphatic rings. The van der Waals surface area contributed by atoms with E-state index in [0.29, 0.717) is 6.42 Å². The van der Waals surface area contributed by atoms with Crippen molar-refractivity contribution in [2.45, 2.75) is 50.9 Å². The lowest BCUT2D eigenvalue weighted by molar-refractivity contribution is -0.145. The Morgan fingerprint density at radius 2 is 2.11 bits per heavy atom. The van der Waals surface area contributed by atoms with E-state index < -0.39 is 41.7 Å². The fourth-order valence-corrected chi connectivity index (χ4v) is 3.03. The highest BCUT2D eigenvalue weighted by Crippen LogP contribution is 2.25. The molecule has 2 N–H and O–H groups in total. The smallest absolute Gasteiger partial charge is 0.328 e. The van der Waals surface area contributed by atoms with Crippen LogP contribution in [0.4, 0.5) is 8.78 Å². The van der Waals surface area contributed by atoms with Crippen molar-refractivity contribution in [2.24, 2.45) is 0 Å². The van der Waals surface area contributed by atoms with Crippen LogP contribution in [-0.4, -0.2) is 53.1 Å². The Hall–Kier alpha value is -2.55. The minimum absolute atomic E-state index is 0.0204. The first-order chi connectivity index (χ1) is 12.7. The monoisotopic (exact) mass is 384 g/mol. The molecule has 2 rings (SSSR count). The maximum Gasteiger partial charge on any atom is 0.328 e. The van der Waals surface area contributed by atoms with Crippen LogP contribution in [0.15, 0.2) is 18.2 Å². The van der Waals surface area contributed by atoms with E-state index in [1.807, 2.05) is 0 Å². The Kier molecular flexibility index (Phi) is 6.84. The molecular formula is C18H22F2N2O5. The van der Waals surface area contributed by atoms with Gasteiger partial charge in [0.2, 0.25) is 11.8 Å². The number of carbonyl (C=O) groups excluding carboxylic acids is 2. The molecule has 3 atom stereocenters. The molecule has 1 aromatic rings. The molecule has 2 amide bonds. The molecule has 0 aliphatic carbocycles. The second kappa shape index (κ2) is 8.90. The molecule has 27 heavy (non-hydrogen) atoms. The summed E-state index contributed by atoms with van der Waals surface area (Å²) in [6.45, 7) is 1.36. The van der Waals surface area contributed by atoms with Crippen LogP contribution in [0.1, 0.15) is 31.7 Å². The maximum absolute atomic E-state index is 13.9. The molecule has 0 unspecified atom stereocenters. The fraction of sp³-hybridized carbons (Fsp3) is 0.500. The molecule has 148 valence electrons. The van der Waals surface area contributed by atoms with Crippen molar-refractivity contribution in [3.05, 3.63) is 35.4 Å². The first-order valence-corrected chi connectivity index (χ1v) is 8.51. The van der Waals surface area contributed by atoms with E-state index in [9.17, 15) is 28.3 Å². The first-order valence-electron chi connectivity index (χ1n) is 8.51. The summed E-state index contributed by atoms with van der Waals surface area (Å²) in [6.07, 6.45) is -0.316. The van der Waals surface area contributed by atoms with Crippen LogP contribution >= 0.6 is 0 Å². The number of likely N-dealkylation sites (tertiary alicyclic amines) is 1. The van der Waals surface area contributed by atoms with Gasteiger partial charge in [0.25, 0.3) is 0 Å². The summed E-state index contributed by atoms with van der Waals surface area (Å²) in [7, 11) is 1.33.